The van der Waals surface area contributed by atoms with E-state index in [2.05, 4.69) is 172 Å². The summed E-state index contributed by atoms with van der Waals surface area (Å²) >= 11 is 0. The van der Waals surface area contributed by atoms with Crippen molar-refractivity contribution in [2.75, 3.05) is 0 Å². The average Bonchev–Trinajstić information content (AvgIpc) is 3.32. The van der Waals surface area contributed by atoms with Crippen LogP contribution in [-0.4, -0.2) is 0 Å². The lowest BCUT2D eigenvalue weighted by Gasteiger charge is -2.23. The fraction of sp³-hybridized carbons (Fsp3) is 0.0870. The zero-order valence-corrected chi connectivity index (χ0v) is 26.4. The molecule has 0 amide bonds. The molecular formula is C46H34. The first-order valence-corrected chi connectivity index (χ1v) is 16.3. The molecule has 0 atom stereocenters. The van der Waals surface area contributed by atoms with Crippen LogP contribution in [0.4, 0.5) is 0 Å². The molecule has 0 unspecified atom stereocenters. The van der Waals surface area contributed by atoms with Crippen LogP contribution in [0.15, 0.2) is 152 Å². The Morgan fingerprint density at radius 2 is 0.957 bits per heavy atom. The summed E-state index contributed by atoms with van der Waals surface area (Å²) in [5.41, 5.74) is 14.4. The maximum absolute atomic E-state index is 2.47. The van der Waals surface area contributed by atoms with E-state index >= 15 is 0 Å². The standard InChI is InChI=1S/C46H34/c1-29-22-24-40-41(26-29)45(33-23-25-37-36-17-8-9-21-42(36)46(2,3)43(37)28-33)39-19-7-6-18-38(39)44(40)32-15-10-14-31(27-32)35-20-11-13-30-12-4-5-16-34(30)35/h4-28H,1-3H3. The maximum atomic E-state index is 2.47. The molecule has 0 heteroatoms. The molecule has 0 radical (unpaired) electrons. The second-order valence-electron chi connectivity index (χ2n) is 13.4. The van der Waals surface area contributed by atoms with Crippen LogP contribution in [-0.2, 0) is 5.41 Å². The normalized spacial score (nSPS) is 13.3. The Kier molecular flexibility index (Phi) is 5.86. The lowest BCUT2D eigenvalue weighted by molar-refractivity contribution is 0.660. The zero-order valence-electron chi connectivity index (χ0n) is 26.4. The van der Waals surface area contributed by atoms with Crippen molar-refractivity contribution >= 4 is 32.3 Å². The third kappa shape index (κ3) is 3.93. The minimum absolute atomic E-state index is 0.0501. The highest BCUT2D eigenvalue weighted by Gasteiger charge is 2.35. The lowest BCUT2D eigenvalue weighted by atomic mass is 9.80. The van der Waals surface area contributed by atoms with E-state index in [1.165, 1.54) is 93.5 Å². The average molecular weight is 587 g/mol. The minimum atomic E-state index is -0.0501. The van der Waals surface area contributed by atoms with Crippen LogP contribution in [0.25, 0.3) is 76.8 Å². The summed E-state index contributed by atoms with van der Waals surface area (Å²) in [7, 11) is 0. The predicted molar refractivity (Wildman–Crippen MR) is 198 cm³/mol. The van der Waals surface area contributed by atoms with E-state index in [1.807, 2.05) is 0 Å². The zero-order chi connectivity index (χ0) is 31.0. The van der Waals surface area contributed by atoms with Gasteiger partial charge in [0.25, 0.3) is 0 Å². The number of hydrogen-bond donors (Lipinski definition) is 0. The second-order valence-corrected chi connectivity index (χ2v) is 13.4. The van der Waals surface area contributed by atoms with E-state index in [-0.39, 0.29) is 5.41 Å². The molecule has 0 saturated carbocycles. The molecular weight excluding hydrogens is 553 g/mol. The van der Waals surface area contributed by atoms with Crippen molar-refractivity contribution in [2.45, 2.75) is 26.2 Å². The van der Waals surface area contributed by atoms with E-state index in [0.717, 1.165) is 0 Å². The highest BCUT2D eigenvalue weighted by atomic mass is 14.4. The summed E-state index contributed by atoms with van der Waals surface area (Å²) < 4.78 is 0. The Bertz CT molecular complexity index is 2500. The fourth-order valence-corrected chi connectivity index (χ4v) is 8.09. The van der Waals surface area contributed by atoms with Gasteiger partial charge in [-0.1, -0.05) is 159 Å². The van der Waals surface area contributed by atoms with Gasteiger partial charge in [0.15, 0.2) is 0 Å². The SMILES string of the molecule is Cc1ccc2c(-c3cccc(-c4cccc5ccccc45)c3)c3ccccc3c(-c3ccc4c(c3)C(C)(C)c3ccccc3-4)c2c1. The van der Waals surface area contributed by atoms with Gasteiger partial charge in [0, 0.05) is 5.41 Å². The van der Waals surface area contributed by atoms with Crippen molar-refractivity contribution in [3.05, 3.63) is 168 Å². The van der Waals surface area contributed by atoms with Crippen LogP contribution in [0, 0.1) is 6.92 Å². The molecule has 0 bridgehead atoms. The molecule has 0 fully saturated rings. The predicted octanol–water partition coefficient (Wildman–Crippen LogP) is 12.8. The van der Waals surface area contributed by atoms with Gasteiger partial charge < -0.3 is 0 Å². The summed E-state index contributed by atoms with van der Waals surface area (Å²) in [5, 5.41) is 7.72. The topological polar surface area (TPSA) is 0 Å². The van der Waals surface area contributed by atoms with Crippen LogP contribution in [0.2, 0.25) is 0 Å². The number of fused-ring (bicyclic) bond motifs is 6. The third-order valence-electron chi connectivity index (χ3n) is 10.3. The monoisotopic (exact) mass is 586 g/mol. The van der Waals surface area contributed by atoms with E-state index in [1.54, 1.807) is 0 Å². The highest BCUT2D eigenvalue weighted by Crippen LogP contribution is 2.51. The van der Waals surface area contributed by atoms with Gasteiger partial charge in [0.1, 0.15) is 0 Å². The highest BCUT2D eigenvalue weighted by molar-refractivity contribution is 6.21. The molecule has 0 N–H and O–H groups in total. The quantitative estimate of drug-likeness (QED) is 0.181. The molecule has 8 aromatic carbocycles. The first-order valence-electron chi connectivity index (χ1n) is 16.3. The fourth-order valence-electron chi connectivity index (χ4n) is 8.09. The summed E-state index contributed by atoms with van der Waals surface area (Å²) in [6.07, 6.45) is 0. The van der Waals surface area contributed by atoms with E-state index in [9.17, 15) is 0 Å². The molecule has 0 heterocycles. The summed E-state index contributed by atoms with van der Waals surface area (Å²) in [6, 6.07) is 56.5. The molecule has 46 heavy (non-hydrogen) atoms. The Hall–Kier alpha value is -5.46. The Balaban J connectivity index is 1.31. The molecule has 9 rings (SSSR count). The Morgan fingerprint density at radius 3 is 1.80 bits per heavy atom. The first-order chi connectivity index (χ1) is 22.5. The van der Waals surface area contributed by atoms with Gasteiger partial charge in [-0.3, -0.25) is 0 Å². The van der Waals surface area contributed by atoms with Gasteiger partial charge in [0.05, 0.1) is 0 Å². The van der Waals surface area contributed by atoms with Crippen LogP contribution < -0.4 is 0 Å². The molecule has 1 aliphatic carbocycles. The molecule has 0 nitrogen and oxygen atoms in total. The van der Waals surface area contributed by atoms with E-state index in [4.69, 9.17) is 0 Å². The Morgan fingerprint density at radius 1 is 0.370 bits per heavy atom. The minimum Gasteiger partial charge on any atom is -0.0619 e. The van der Waals surface area contributed by atoms with Gasteiger partial charge in [-0.25, -0.2) is 0 Å². The second kappa shape index (κ2) is 10.0. The van der Waals surface area contributed by atoms with Gasteiger partial charge in [-0.15, -0.1) is 0 Å². The molecule has 0 aromatic heterocycles. The van der Waals surface area contributed by atoms with Crippen molar-refractivity contribution in [3.63, 3.8) is 0 Å². The molecule has 0 saturated heterocycles. The van der Waals surface area contributed by atoms with Gasteiger partial charge in [-0.2, -0.15) is 0 Å². The van der Waals surface area contributed by atoms with Gasteiger partial charge in [0.2, 0.25) is 0 Å². The smallest absolute Gasteiger partial charge is 0.0159 e. The van der Waals surface area contributed by atoms with Crippen molar-refractivity contribution in [1.82, 2.24) is 0 Å². The van der Waals surface area contributed by atoms with Crippen LogP contribution in [0.5, 0.6) is 0 Å². The van der Waals surface area contributed by atoms with Crippen molar-refractivity contribution in [2.24, 2.45) is 0 Å². The van der Waals surface area contributed by atoms with Gasteiger partial charge in [-0.05, 0) is 107 Å². The van der Waals surface area contributed by atoms with E-state index in [0.29, 0.717) is 0 Å². The molecule has 8 aromatic rings. The largest absolute Gasteiger partial charge is 0.0619 e. The number of aryl methyl sites for hydroxylation is 1. The number of benzene rings is 8. The van der Waals surface area contributed by atoms with Crippen molar-refractivity contribution in [3.8, 4) is 44.5 Å². The van der Waals surface area contributed by atoms with Crippen LogP contribution >= 0.6 is 0 Å². The Labute approximate surface area is 270 Å². The van der Waals surface area contributed by atoms with Gasteiger partial charge >= 0.3 is 0 Å². The van der Waals surface area contributed by atoms with Crippen LogP contribution in [0.3, 0.4) is 0 Å². The summed E-state index contributed by atoms with van der Waals surface area (Å²) in [4.78, 5) is 0. The third-order valence-corrected chi connectivity index (χ3v) is 10.3. The molecule has 0 spiro atoms. The number of hydrogen-bond acceptors (Lipinski definition) is 0. The lowest BCUT2D eigenvalue weighted by Crippen LogP contribution is -2.14. The summed E-state index contributed by atoms with van der Waals surface area (Å²) in [5.74, 6) is 0. The number of rotatable bonds is 3. The van der Waals surface area contributed by atoms with Crippen molar-refractivity contribution in [1.29, 1.82) is 0 Å². The van der Waals surface area contributed by atoms with Crippen molar-refractivity contribution < 1.29 is 0 Å². The molecule has 1 aliphatic rings. The maximum Gasteiger partial charge on any atom is 0.0159 e. The van der Waals surface area contributed by atoms with E-state index < -0.39 is 0 Å². The summed E-state index contributed by atoms with van der Waals surface area (Å²) in [6.45, 7) is 6.95. The molecule has 0 aliphatic heterocycles. The first kappa shape index (κ1) is 26.9. The van der Waals surface area contributed by atoms with Crippen LogP contribution in [0.1, 0.15) is 30.5 Å². The molecule has 218 valence electrons.